The van der Waals surface area contributed by atoms with Crippen LogP contribution >= 0.6 is 11.6 Å². The number of nitro groups is 1. The Kier molecular flexibility index (Phi) is 3.89. The molecule has 1 heterocycles. The van der Waals surface area contributed by atoms with E-state index in [-0.39, 0.29) is 0 Å². The van der Waals surface area contributed by atoms with Gasteiger partial charge in [0.1, 0.15) is 16.4 Å². The largest absolute Gasteiger partial charge is 0.481 e. The Labute approximate surface area is 98.0 Å². The van der Waals surface area contributed by atoms with Crippen molar-refractivity contribution in [3.05, 3.63) is 32.6 Å². The van der Waals surface area contributed by atoms with Crippen LogP contribution in [0.1, 0.15) is 17.8 Å². The third kappa shape index (κ3) is 3.06. The van der Waals surface area contributed by atoms with Gasteiger partial charge >= 0.3 is 11.7 Å². The van der Waals surface area contributed by atoms with Crippen LogP contribution in [0.15, 0.2) is 6.07 Å². The van der Waals surface area contributed by atoms with Crippen LogP contribution in [-0.4, -0.2) is 21.0 Å². The van der Waals surface area contributed by atoms with Gasteiger partial charge in [-0.15, -0.1) is 0 Å². The summed E-state index contributed by atoms with van der Waals surface area (Å²) in [5.74, 6) is -1.43. The summed E-state index contributed by atoms with van der Waals surface area (Å²) in [5.41, 5.74) is -2.15. The minimum atomic E-state index is -2.99. The molecule has 0 atom stereocenters. The van der Waals surface area contributed by atoms with Crippen LogP contribution in [0.25, 0.3) is 0 Å². The normalized spacial score (nSPS) is 10.6. The second-order valence-electron chi connectivity index (χ2n) is 2.95. The molecule has 0 aliphatic heterocycles. The summed E-state index contributed by atoms with van der Waals surface area (Å²) in [6.45, 7) is 0. The zero-order valence-electron chi connectivity index (χ0n) is 8.06. The Balaban J connectivity index is 3.38. The van der Waals surface area contributed by atoms with Gasteiger partial charge in [0.15, 0.2) is 0 Å². The first-order valence-corrected chi connectivity index (χ1v) is 4.54. The van der Waals surface area contributed by atoms with Gasteiger partial charge in [-0.3, -0.25) is 14.9 Å². The summed E-state index contributed by atoms with van der Waals surface area (Å²) in [7, 11) is 0. The van der Waals surface area contributed by atoms with Crippen molar-refractivity contribution in [3.8, 4) is 0 Å². The number of halogens is 3. The van der Waals surface area contributed by atoms with E-state index in [4.69, 9.17) is 16.7 Å². The number of carbonyl (C=O) groups is 1. The number of carboxylic acids is 1. The lowest BCUT2D eigenvalue weighted by molar-refractivity contribution is -0.385. The van der Waals surface area contributed by atoms with Gasteiger partial charge in [0.05, 0.1) is 11.3 Å². The molecule has 1 rings (SSSR count). The van der Waals surface area contributed by atoms with Crippen molar-refractivity contribution in [2.24, 2.45) is 0 Å². The van der Waals surface area contributed by atoms with Gasteiger partial charge in [-0.05, 0) is 6.07 Å². The maximum Gasteiger partial charge on any atom is 0.309 e. The number of aromatic nitrogens is 1. The zero-order valence-corrected chi connectivity index (χ0v) is 8.82. The SMILES string of the molecule is O=C(O)Cc1nc(C(F)F)cc(Cl)c1[N+](=O)[O-]. The third-order valence-electron chi connectivity index (χ3n) is 1.76. The first-order valence-electron chi connectivity index (χ1n) is 4.16. The average molecular weight is 267 g/mol. The van der Waals surface area contributed by atoms with E-state index < -0.39 is 45.8 Å². The van der Waals surface area contributed by atoms with E-state index in [1.807, 2.05) is 0 Å². The first kappa shape index (κ1) is 13.2. The number of hydrogen-bond acceptors (Lipinski definition) is 4. The second-order valence-corrected chi connectivity index (χ2v) is 3.36. The predicted molar refractivity (Wildman–Crippen MR) is 52.2 cm³/mol. The Hall–Kier alpha value is -1.83. The van der Waals surface area contributed by atoms with Gasteiger partial charge < -0.3 is 5.11 Å². The number of nitrogens with zero attached hydrogens (tertiary/aromatic N) is 2. The topological polar surface area (TPSA) is 93.3 Å². The monoisotopic (exact) mass is 266 g/mol. The summed E-state index contributed by atoms with van der Waals surface area (Å²) in [6, 6.07) is 0.649. The van der Waals surface area contributed by atoms with Gasteiger partial charge in [0.2, 0.25) is 0 Å². The number of hydrogen-bond donors (Lipinski definition) is 1. The van der Waals surface area contributed by atoms with E-state index in [0.29, 0.717) is 6.07 Å². The lowest BCUT2D eigenvalue weighted by atomic mass is 10.2. The molecule has 0 aliphatic rings. The molecule has 1 aromatic heterocycles. The maximum absolute atomic E-state index is 12.4. The summed E-state index contributed by atoms with van der Waals surface area (Å²) in [6.07, 6.45) is -3.84. The minimum Gasteiger partial charge on any atom is -0.481 e. The van der Waals surface area contributed by atoms with E-state index in [1.165, 1.54) is 0 Å². The van der Waals surface area contributed by atoms with Crippen LogP contribution in [-0.2, 0) is 11.2 Å². The molecule has 0 spiro atoms. The molecular weight excluding hydrogens is 262 g/mol. The smallest absolute Gasteiger partial charge is 0.309 e. The van der Waals surface area contributed by atoms with E-state index in [0.717, 1.165) is 0 Å². The van der Waals surface area contributed by atoms with Crippen molar-refractivity contribution in [3.63, 3.8) is 0 Å². The van der Waals surface area contributed by atoms with Crippen molar-refractivity contribution in [2.45, 2.75) is 12.8 Å². The van der Waals surface area contributed by atoms with Gasteiger partial charge in [-0.2, -0.15) is 0 Å². The fourth-order valence-electron chi connectivity index (χ4n) is 1.15. The predicted octanol–water partition coefficient (Wildman–Crippen LogP) is 2.21. The highest BCUT2D eigenvalue weighted by Gasteiger charge is 2.25. The molecule has 17 heavy (non-hydrogen) atoms. The van der Waals surface area contributed by atoms with Crippen molar-refractivity contribution in [1.29, 1.82) is 0 Å². The van der Waals surface area contributed by atoms with Crippen molar-refractivity contribution < 1.29 is 23.6 Å². The molecule has 0 fully saturated rings. The van der Waals surface area contributed by atoms with Gasteiger partial charge in [0.25, 0.3) is 6.43 Å². The van der Waals surface area contributed by atoms with Crippen LogP contribution in [0, 0.1) is 10.1 Å². The van der Waals surface area contributed by atoms with Gasteiger partial charge in [0, 0.05) is 0 Å². The fraction of sp³-hybridized carbons (Fsp3) is 0.250. The minimum absolute atomic E-state index is 0.559. The molecule has 6 nitrogen and oxygen atoms in total. The molecular formula is C8H5ClF2N2O4. The number of pyridine rings is 1. The molecule has 92 valence electrons. The number of aliphatic carboxylic acids is 1. The summed E-state index contributed by atoms with van der Waals surface area (Å²) in [4.78, 5) is 23.3. The van der Waals surface area contributed by atoms with Crippen LogP contribution in [0.4, 0.5) is 14.5 Å². The highest BCUT2D eigenvalue weighted by molar-refractivity contribution is 6.32. The van der Waals surface area contributed by atoms with E-state index in [1.54, 1.807) is 0 Å². The van der Waals surface area contributed by atoms with Crippen LogP contribution in [0.2, 0.25) is 5.02 Å². The molecule has 0 amide bonds. The molecule has 0 bridgehead atoms. The van der Waals surface area contributed by atoms with Crippen LogP contribution in [0.3, 0.4) is 0 Å². The molecule has 0 aromatic carbocycles. The van der Waals surface area contributed by atoms with E-state index in [9.17, 15) is 23.7 Å². The summed E-state index contributed by atoms with van der Waals surface area (Å²) in [5, 5.41) is 18.5. The highest BCUT2D eigenvalue weighted by Crippen LogP contribution is 2.31. The molecule has 9 heteroatoms. The Bertz CT molecular complexity index is 481. The Morgan fingerprint density at radius 1 is 1.65 bits per heavy atom. The molecule has 0 unspecified atom stereocenters. The number of carboxylic acid groups (broad SMARTS) is 1. The fourth-order valence-corrected chi connectivity index (χ4v) is 1.44. The molecule has 0 aliphatic carbocycles. The molecule has 0 radical (unpaired) electrons. The van der Waals surface area contributed by atoms with Gasteiger partial charge in [-0.25, -0.2) is 13.8 Å². The maximum atomic E-state index is 12.4. The average Bonchev–Trinajstić information content (AvgIpc) is 2.14. The Morgan fingerprint density at radius 2 is 2.24 bits per heavy atom. The standard InChI is InChI=1S/C8H5ClF2N2O4/c9-3-1-5(8(10)11)12-4(2-6(14)15)7(3)13(16)17/h1,8H,2H2,(H,14,15). The zero-order chi connectivity index (χ0) is 13.2. The molecule has 0 saturated carbocycles. The number of rotatable bonds is 4. The van der Waals surface area contributed by atoms with Crippen LogP contribution in [0.5, 0.6) is 0 Å². The molecule has 1 N–H and O–H groups in total. The quantitative estimate of drug-likeness (QED) is 0.666. The van der Waals surface area contributed by atoms with Crippen LogP contribution < -0.4 is 0 Å². The molecule has 1 aromatic rings. The Morgan fingerprint density at radius 3 is 2.65 bits per heavy atom. The van der Waals surface area contributed by atoms with Crippen molar-refractivity contribution in [2.75, 3.05) is 0 Å². The molecule has 0 saturated heterocycles. The lowest BCUT2D eigenvalue weighted by Crippen LogP contribution is -2.08. The van der Waals surface area contributed by atoms with Crippen molar-refractivity contribution in [1.82, 2.24) is 4.98 Å². The van der Waals surface area contributed by atoms with Gasteiger partial charge in [-0.1, -0.05) is 11.6 Å². The highest BCUT2D eigenvalue weighted by atomic mass is 35.5. The second kappa shape index (κ2) is 5.00. The van der Waals surface area contributed by atoms with E-state index >= 15 is 0 Å². The summed E-state index contributed by atoms with van der Waals surface area (Å²) >= 11 is 5.45. The third-order valence-corrected chi connectivity index (χ3v) is 2.05. The van der Waals surface area contributed by atoms with Crippen molar-refractivity contribution >= 4 is 23.3 Å². The first-order chi connectivity index (χ1) is 7.82. The summed E-state index contributed by atoms with van der Waals surface area (Å²) < 4.78 is 24.7. The number of alkyl halides is 2. The van der Waals surface area contributed by atoms with E-state index in [2.05, 4.69) is 4.98 Å². The lowest BCUT2D eigenvalue weighted by Gasteiger charge is -2.05.